The maximum Gasteiger partial charge on any atom is 0.261 e. The Morgan fingerprint density at radius 3 is 3.07 bits per heavy atom. The first-order valence-electron chi connectivity index (χ1n) is 9.24. The van der Waals surface area contributed by atoms with Gasteiger partial charge in [-0.3, -0.25) is 14.9 Å². The molecule has 0 radical (unpaired) electrons. The van der Waals surface area contributed by atoms with Crippen molar-refractivity contribution in [3.63, 3.8) is 0 Å². The van der Waals surface area contributed by atoms with Gasteiger partial charge in [-0.15, -0.1) is 11.3 Å². The number of aryl methyl sites for hydroxylation is 1. The fraction of sp³-hybridized carbons (Fsp3) is 0.238. The van der Waals surface area contributed by atoms with Gasteiger partial charge in [-0.05, 0) is 48.6 Å². The predicted molar refractivity (Wildman–Crippen MR) is 110 cm³/mol. The van der Waals surface area contributed by atoms with Gasteiger partial charge in [-0.1, -0.05) is 24.3 Å². The Hall–Kier alpha value is -3.06. The Kier molecular flexibility index (Phi) is 5.43. The monoisotopic (exact) mass is 391 g/mol. The highest BCUT2D eigenvalue weighted by Gasteiger charge is 2.17. The van der Waals surface area contributed by atoms with Crippen LogP contribution in [0.25, 0.3) is 10.7 Å². The molecule has 6 nitrogen and oxygen atoms in total. The molecule has 0 saturated carbocycles. The summed E-state index contributed by atoms with van der Waals surface area (Å²) in [4.78, 5) is 22.8. The standard InChI is InChI=1S/C21H21N5OS/c1-14-10-17(20-24-18(25-26-20)11-15-6-3-2-4-7-15)28-19(14)21(27)23-13-16-8-5-9-22-12-16/h3,5-10,12H,2,4,11,13H2,1H3,(H,23,27)(H,24,25,26). The minimum atomic E-state index is -0.0918. The van der Waals surface area contributed by atoms with Crippen LogP contribution in [0.15, 0.2) is 54.4 Å². The molecule has 0 aliphatic heterocycles. The number of aromatic amines is 1. The summed E-state index contributed by atoms with van der Waals surface area (Å²) in [5.41, 5.74) is 3.15. The van der Waals surface area contributed by atoms with Gasteiger partial charge < -0.3 is 5.32 Å². The normalized spacial score (nSPS) is 13.4. The second-order valence-corrected chi connectivity index (χ2v) is 7.76. The lowest BCUT2D eigenvalue weighted by atomic mass is 10.0. The third-order valence-electron chi connectivity index (χ3n) is 4.50. The van der Waals surface area contributed by atoms with E-state index in [4.69, 9.17) is 0 Å². The molecule has 3 heterocycles. The van der Waals surface area contributed by atoms with E-state index in [1.165, 1.54) is 16.9 Å². The van der Waals surface area contributed by atoms with Gasteiger partial charge in [-0.25, -0.2) is 4.98 Å². The molecule has 0 unspecified atom stereocenters. The van der Waals surface area contributed by atoms with Crippen molar-refractivity contribution in [1.82, 2.24) is 25.5 Å². The second-order valence-electron chi connectivity index (χ2n) is 6.71. The van der Waals surface area contributed by atoms with Crippen molar-refractivity contribution in [2.75, 3.05) is 0 Å². The number of rotatable bonds is 6. The molecule has 0 aromatic carbocycles. The SMILES string of the molecule is Cc1cc(-c2n[nH]c(CC3=CCCC=C3)n2)sc1C(=O)NCc1cccnc1. The zero-order valence-corrected chi connectivity index (χ0v) is 16.4. The largest absolute Gasteiger partial charge is 0.347 e. The molecule has 0 bridgehead atoms. The van der Waals surface area contributed by atoms with Gasteiger partial charge in [-0.2, -0.15) is 5.10 Å². The summed E-state index contributed by atoms with van der Waals surface area (Å²) in [5, 5.41) is 10.3. The van der Waals surface area contributed by atoms with E-state index in [0.717, 1.165) is 41.1 Å². The summed E-state index contributed by atoms with van der Waals surface area (Å²) in [6, 6.07) is 5.76. The topological polar surface area (TPSA) is 83.6 Å². The van der Waals surface area contributed by atoms with Gasteiger partial charge in [0, 0.05) is 25.4 Å². The molecule has 0 fully saturated rings. The van der Waals surface area contributed by atoms with E-state index < -0.39 is 0 Å². The number of hydrogen-bond acceptors (Lipinski definition) is 5. The maximum atomic E-state index is 12.6. The van der Waals surface area contributed by atoms with Crippen molar-refractivity contribution in [3.05, 3.63) is 76.2 Å². The Morgan fingerprint density at radius 2 is 2.29 bits per heavy atom. The first-order valence-corrected chi connectivity index (χ1v) is 10.1. The number of aromatic nitrogens is 4. The summed E-state index contributed by atoms with van der Waals surface area (Å²) < 4.78 is 0. The molecule has 2 N–H and O–H groups in total. The maximum absolute atomic E-state index is 12.6. The fourth-order valence-corrected chi connectivity index (χ4v) is 4.08. The molecule has 4 rings (SSSR count). The average molecular weight is 392 g/mol. The van der Waals surface area contributed by atoms with Gasteiger partial charge in [0.05, 0.1) is 9.75 Å². The van der Waals surface area contributed by atoms with Crippen LogP contribution in [0, 0.1) is 6.92 Å². The Balaban J connectivity index is 1.44. The third-order valence-corrected chi connectivity index (χ3v) is 5.73. The van der Waals surface area contributed by atoms with Gasteiger partial charge in [0.1, 0.15) is 5.82 Å². The van der Waals surface area contributed by atoms with Gasteiger partial charge >= 0.3 is 0 Å². The molecule has 3 aromatic rings. The highest BCUT2D eigenvalue weighted by atomic mass is 32.1. The lowest BCUT2D eigenvalue weighted by Crippen LogP contribution is -2.22. The number of carbonyl (C=O) groups is 1. The summed E-state index contributed by atoms with van der Waals surface area (Å²) in [5.74, 6) is 1.38. The molecule has 0 atom stereocenters. The number of allylic oxidation sites excluding steroid dienone is 4. The van der Waals surface area contributed by atoms with Gasteiger partial charge in [0.25, 0.3) is 5.91 Å². The van der Waals surface area contributed by atoms with E-state index in [1.807, 2.05) is 25.1 Å². The molecule has 1 aliphatic rings. The third kappa shape index (κ3) is 4.26. The summed E-state index contributed by atoms with van der Waals surface area (Å²) in [7, 11) is 0. The average Bonchev–Trinajstić information content (AvgIpc) is 3.34. The number of hydrogen-bond donors (Lipinski definition) is 2. The Morgan fingerprint density at radius 1 is 1.36 bits per heavy atom. The van der Waals surface area contributed by atoms with Crippen LogP contribution in [0.2, 0.25) is 0 Å². The molecule has 3 aromatic heterocycles. The zero-order chi connectivity index (χ0) is 19.3. The number of thiophene rings is 1. The van der Waals surface area contributed by atoms with Crippen molar-refractivity contribution in [2.24, 2.45) is 0 Å². The zero-order valence-electron chi connectivity index (χ0n) is 15.6. The summed E-state index contributed by atoms with van der Waals surface area (Å²) in [6.45, 7) is 2.39. The van der Waals surface area contributed by atoms with Gasteiger partial charge in [0.15, 0.2) is 5.82 Å². The van der Waals surface area contributed by atoms with E-state index in [2.05, 4.69) is 43.7 Å². The minimum Gasteiger partial charge on any atom is -0.347 e. The molecule has 7 heteroatoms. The Labute approximate surface area is 167 Å². The predicted octanol–water partition coefficient (Wildman–Crippen LogP) is 3.99. The number of carbonyl (C=O) groups excluding carboxylic acids is 1. The molecule has 1 aliphatic carbocycles. The summed E-state index contributed by atoms with van der Waals surface area (Å²) in [6.07, 6.45) is 13.0. The molecule has 28 heavy (non-hydrogen) atoms. The van der Waals surface area contributed by atoms with Crippen LogP contribution >= 0.6 is 11.3 Å². The number of nitrogens with zero attached hydrogens (tertiary/aromatic N) is 3. The van der Waals surface area contributed by atoms with Crippen LogP contribution in [0.1, 0.15) is 39.5 Å². The van der Waals surface area contributed by atoms with Gasteiger partial charge in [0.2, 0.25) is 0 Å². The Bertz CT molecular complexity index is 1030. The van der Waals surface area contributed by atoms with E-state index in [9.17, 15) is 4.79 Å². The van der Waals surface area contributed by atoms with Crippen LogP contribution < -0.4 is 5.32 Å². The van der Waals surface area contributed by atoms with E-state index >= 15 is 0 Å². The highest BCUT2D eigenvalue weighted by Crippen LogP contribution is 2.29. The molecule has 1 amide bonds. The van der Waals surface area contributed by atoms with Crippen molar-refractivity contribution < 1.29 is 4.79 Å². The molecule has 0 saturated heterocycles. The molecular weight excluding hydrogens is 370 g/mol. The van der Waals surface area contributed by atoms with Crippen LogP contribution in [-0.2, 0) is 13.0 Å². The van der Waals surface area contributed by atoms with E-state index in [-0.39, 0.29) is 5.91 Å². The van der Waals surface area contributed by atoms with Crippen LogP contribution in [0.4, 0.5) is 0 Å². The first-order chi connectivity index (χ1) is 13.7. The fourth-order valence-electron chi connectivity index (χ4n) is 3.06. The molecule has 0 spiro atoms. The smallest absolute Gasteiger partial charge is 0.261 e. The van der Waals surface area contributed by atoms with Crippen molar-refractivity contribution in [3.8, 4) is 10.7 Å². The lowest BCUT2D eigenvalue weighted by molar-refractivity contribution is 0.0954. The van der Waals surface area contributed by atoms with Crippen molar-refractivity contribution >= 4 is 17.2 Å². The summed E-state index contributed by atoms with van der Waals surface area (Å²) >= 11 is 1.41. The number of H-pyrrole nitrogens is 1. The van der Waals surface area contributed by atoms with Crippen molar-refractivity contribution in [2.45, 2.75) is 32.7 Å². The lowest BCUT2D eigenvalue weighted by Gasteiger charge is -2.04. The van der Waals surface area contributed by atoms with Crippen molar-refractivity contribution in [1.29, 1.82) is 0 Å². The minimum absolute atomic E-state index is 0.0918. The number of amides is 1. The number of pyridine rings is 1. The number of nitrogens with one attached hydrogen (secondary N) is 2. The van der Waals surface area contributed by atoms with E-state index in [1.54, 1.807) is 12.4 Å². The van der Waals surface area contributed by atoms with Crippen LogP contribution in [-0.4, -0.2) is 26.1 Å². The first kappa shape index (κ1) is 18.3. The van der Waals surface area contributed by atoms with E-state index in [0.29, 0.717) is 17.2 Å². The molecule has 142 valence electrons. The quantitative estimate of drug-likeness (QED) is 0.666. The second kappa shape index (κ2) is 8.31. The van der Waals surface area contributed by atoms with Crippen LogP contribution in [0.5, 0.6) is 0 Å². The molecular formula is C21H21N5OS. The van der Waals surface area contributed by atoms with Crippen LogP contribution in [0.3, 0.4) is 0 Å². The highest BCUT2D eigenvalue weighted by molar-refractivity contribution is 7.17.